The summed E-state index contributed by atoms with van der Waals surface area (Å²) >= 11 is 0. The molecule has 1 atom stereocenters. The molecule has 3 N–H and O–H groups in total. The van der Waals surface area contributed by atoms with Gasteiger partial charge in [0.05, 0.1) is 10.9 Å². The highest BCUT2D eigenvalue weighted by molar-refractivity contribution is 7.93. The van der Waals surface area contributed by atoms with E-state index in [0.29, 0.717) is 12.1 Å². The lowest BCUT2D eigenvalue weighted by Gasteiger charge is -2.17. The van der Waals surface area contributed by atoms with Crippen LogP contribution in [0.4, 0.5) is 5.69 Å². The van der Waals surface area contributed by atoms with Gasteiger partial charge >= 0.3 is 0 Å². The van der Waals surface area contributed by atoms with Crippen LogP contribution < -0.4 is 10.5 Å². The molecule has 21 heavy (non-hydrogen) atoms. The summed E-state index contributed by atoms with van der Waals surface area (Å²) in [6, 6.07) is 17.1. The average molecular weight is 304 g/mol. The Labute approximate surface area is 126 Å². The Hall–Kier alpha value is -1.85. The molecule has 0 heterocycles. The van der Waals surface area contributed by atoms with Gasteiger partial charge in [-0.15, -0.1) is 0 Å². The van der Waals surface area contributed by atoms with Crippen molar-refractivity contribution in [1.82, 2.24) is 0 Å². The monoisotopic (exact) mass is 304 g/mol. The van der Waals surface area contributed by atoms with Crippen molar-refractivity contribution in [2.45, 2.75) is 18.6 Å². The van der Waals surface area contributed by atoms with Gasteiger partial charge in [-0.05, 0) is 18.1 Å². The fourth-order valence-corrected chi connectivity index (χ4v) is 3.53. The second-order valence-corrected chi connectivity index (χ2v) is 6.79. The Morgan fingerprint density at radius 1 is 1.05 bits per heavy atom. The van der Waals surface area contributed by atoms with Crippen molar-refractivity contribution in [3.05, 3.63) is 54.6 Å². The van der Waals surface area contributed by atoms with Crippen LogP contribution in [-0.4, -0.2) is 20.2 Å². The first-order chi connectivity index (χ1) is 10.1. The topological polar surface area (TPSA) is 72.2 Å². The Kier molecular flexibility index (Phi) is 4.98. The van der Waals surface area contributed by atoms with E-state index in [-0.39, 0.29) is 6.54 Å². The predicted molar refractivity (Wildman–Crippen MR) is 87.6 cm³/mol. The van der Waals surface area contributed by atoms with E-state index in [1.165, 1.54) is 0 Å². The van der Waals surface area contributed by atoms with Gasteiger partial charge in [-0.1, -0.05) is 55.5 Å². The zero-order chi connectivity index (χ0) is 15.3. The number of hydrogen-bond acceptors (Lipinski definition) is 3. The minimum absolute atomic E-state index is 0.110. The molecule has 0 bridgehead atoms. The highest BCUT2D eigenvalue weighted by Crippen LogP contribution is 2.28. The summed E-state index contributed by atoms with van der Waals surface area (Å²) in [5.41, 5.74) is 7.96. The number of para-hydroxylation sites is 1. The summed E-state index contributed by atoms with van der Waals surface area (Å²) in [4.78, 5) is 0. The molecule has 2 rings (SSSR count). The lowest BCUT2D eigenvalue weighted by molar-refractivity contribution is 0.581. The fraction of sp³-hybridized carbons (Fsp3) is 0.250. The van der Waals surface area contributed by atoms with Gasteiger partial charge in [0.15, 0.2) is 0 Å². The van der Waals surface area contributed by atoms with Gasteiger partial charge in [-0.3, -0.25) is 4.72 Å². The standard InChI is InChI=1S/C16H20N2O2S/c1-2-14(12-17)21(19,20)18-16-11-7-6-10-15(16)13-8-4-3-5-9-13/h3-11,14,18H,2,12,17H2,1H3. The van der Waals surface area contributed by atoms with E-state index in [1.807, 2.05) is 55.5 Å². The Bertz CT molecular complexity index is 680. The predicted octanol–water partition coefficient (Wildman–Crippen LogP) is 2.83. The minimum Gasteiger partial charge on any atom is -0.329 e. The van der Waals surface area contributed by atoms with Crippen molar-refractivity contribution in [3.63, 3.8) is 0 Å². The maximum absolute atomic E-state index is 12.4. The Morgan fingerprint density at radius 2 is 1.67 bits per heavy atom. The fourth-order valence-electron chi connectivity index (χ4n) is 2.19. The first-order valence-electron chi connectivity index (χ1n) is 6.94. The molecule has 0 aliphatic heterocycles. The normalized spacial score (nSPS) is 12.9. The largest absolute Gasteiger partial charge is 0.329 e. The molecule has 0 aliphatic rings. The third-order valence-electron chi connectivity index (χ3n) is 3.42. The molecule has 4 nitrogen and oxygen atoms in total. The van der Waals surface area contributed by atoms with Gasteiger partial charge in [0.2, 0.25) is 10.0 Å². The van der Waals surface area contributed by atoms with E-state index in [1.54, 1.807) is 6.07 Å². The maximum atomic E-state index is 12.4. The summed E-state index contributed by atoms with van der Waals surface area (Å²) < 4.78 is 27.4. The molecule has 2 aromatic carbocycles. The minimum atomic E-state index is -3.48. The number of nitrogens with one attached hydrogen (secondary N) is 1. The van der Waals surface area contributed by atoms with Crippen LogP contribution in [-0.2, 0) is 10.0 Å². The zero-order valence-corrected chi connectivity index (χ0v) is 12.8. The lowest BCUT2D eigenvalue weighted by Crippen LogP contribution is -2.33. The molecule has 2 aromatic rings. The summed E-state index contributed by atoms with van der Waals surface area (Å²) in [5.74, 6) is 0. The van der Waals surface area contributed by atoms with Crippen molar-refractivity contribution in [3.8, 4) is 11.1 Å². The Balaban J connectivity index is 2.38. The van der Waals surface area contributed by atoms with Gasteiger partial charge in [-0.2, -0.15) is 0 Å². The number of sulfonamides is 1. The third kappa shape index (κ3) is 3.62. The van der Waals surface area contributed by atoms with Crippen LogP contribution >= 0.6 is 0 Å². The molecule has 0 aliphatic carbocycles. The molecule has 5 heteroatoms. The van der Waals surface area contributed by atoms with Crippen LogP contribution in [0.1, 0.15) is 13.3 Å². The van der Waals surface area contributed by atoms with Crippen LogP contribution in [0, 0.1) is 0 Å². The number of benzene rings is 2. The van der Waals surface area contributed by atoms with Gasteiger partial charge in [-0.25, -0.2) is 8.42 Å². The first-order valence-corrected chi connectivity index (χ1v) is 8.49. The van der Waals surface area contributed by atoms with Gasteiger partial charge in [0, 0.05) is 12.1 Å². The van der Waals surface area contributed by atoms with Crippen molar-refractivity contribution < 1.29 is 8.42 Å². The van der Waals surface area contributed by atoms with E-state index < -0.39 is 15.3 Å². The number of nitrogens with two attached hydrogens (primary N) is 1. The number of hydrogen-bond donors (Lipinski definition) is 2. The van der Waals surface area contributed by atoms with Crippen LogP contribution in [0.2, 0.25) is 0 Å². The van der Waals surface area contributed by atoms with Crippen LogP contribution in [0.25, 0.3) is 11.1 Å². The maximum Gasteiger partial charge on any atom is 0.236 e. The van der Waals surface area contributed by atoms with Gasteiger partial charge < -0.3 is 5.73 Å². The molecule has 0 spiro atoms. The number of anilines is 1. The molecule has 0 saturated carbocycles. The molecule has 1 unspecified atom stereocenters. The molecule has 0 amide bonds. The zero-order valence-electron chi connectivity index (χ0n) is 12.0. The lowest BCUT2D eigenvalue weighted by atomic mass is 10.0. The summed E-state index contributed by atoms with van der Waals surface area (Å²) in [6.45, 7) is 1.93. The molecule has 112 valence electrons. The second kappa shape index (κ2) is 6.74. The summed E-state index contributed by atoms with van der Waals surface area (Å²) in [7, 11) is -3.48. The van der Waals surface area contributed by atoms with Crippen LogP contribution in [0.3, 0.4) is 0 Å². The van der Waals surface area contributed by atoms with Crippen molar-refractivity contribution in [2.75, 3.05) is 11.3 Å². The molecule has 0 saturated heterocycles. The van der Waals surface area contributed by atoms with Gasteiger partial charge in [0.1, 0.15) is 0 Å². The van der Waals surface area contributed by atoms with E-state index in [0.717, 1.165) is 11.1 Å². The van der Waals surface area contributed by atoms with Crippen LogP contribution in [0.5, 0.6) is 0 Å². The SMILES string of the molecule is CCC(CN)S(=O)(=O)Nc1ccccc1-c1ccccc1. The first kappa shape index (κ1) is 15.5. The summed E-state index contributed by atoms with van der Waals surface area (Å²) in [5, 5.41) is -0.582. The van der Waals surface area contributed by atoms with Gasteiger partial charge in [0.25, 0.3) is 0 Å². The Morgan fingerprint density at radius 3 is 2.29 bits per heavy atom. The molecular formula is C16H20N2O2S. The molecular weight excluding hydrogens is 284 g/mol. The smallest absolute Gasteiger partial charge is 0.236 e. The second-order valence-electron chi connectivity index (χ2n) is 4.82. The van der Waals surface area contributed by atoms with E-state index in [2.05, 4.69) is 4.72 Å². The van der Waals surface area contributed by atoms with Crippen LogP contribution in [0.15, 0.2) is 54.6 Å². The van der Waals surface area contributed by atoms with Crippen molar-refractivity contribution in [2.24, 2.45) is 5.73 Å². The number of rotatable bonds is 6. The molecule has 0 aromatic heterocycles. The van der Waals surface area contributed by atoms with E-state index in [9.17, 15) is 8.42 Å². The third-order valence-corrected chi connectivity index (χ3v) is 5.33. The van der Waals surface area contributed by atoms with E-state index in [4.69, 9.17) is 5.73 Å². The summed E-state index contributed by atoms with van der Waals surface area (Å²) in [6.07, 6.45) is 0.485. The van der Waals surface area contributed by atoms with Crippen molar-refractivity contribution >= 4 is 15.7 Å². The quantitative estimate of drug-likeness (QED) is 0.862. The average Bonchev–Trinajstić information content (AvgIpc) is 2.49. The highest BCUT2D eigenvalue weighted by atomic mass is 32.2. The van der Waals surface area contributed by atoms with E-state index >= 15 is 0 Å². The molecule has 0 fully saturated rings. The molecule has 0 radical (unpaired) electrons. The highest BCUT2D eigenvalue weighted by Gasteiger charge is 2.23. The van der Waals surface area contributed by atoms with Crippen molar-refractivity contribution in [1.29, 1.82) is 0 Å².